The van der Waals surface area contributed by atoms with Gasteiger partial charge in [-0.2, -0.15) is 5.10 Å². The Morgan fingerprint density at radius 2 is 1.94 bits per heavy atom. The number of rotatable bonds is 8. The number of benzene rings is 1. The van der Waals surface area contributed by atoms with Gasteiger partial charge in [0.1, 0.15) is 0 Å². The lowest BCUT2D eigenvalue weighted by Gasteiger charge is -2.29. The van der Waals surface area contributed by atoms with E-state index >= 15 is 0 Å². The zero-order valence-corrected chi connectivity index (χ0v) is 20.3. The average molecular weight is 491 g/mol. The molecule has 2 N–H and O–H groups in total. The first kappa shape index (κ1) is 23.3. The number of anilines is 3. The van der Waals surface area contributed by atoms with E-state index in [1.807, 2.05) is 13.0 Å². The fraction of sp³-hybridized carbons (Fsp3) is 0.381. The molecule has 0 radical (unpaired) electrons. The van der Waals surface area contributed by atoms with Gasteiger partial charge in [0, 0.05) is 29.7 Å². The predicted octanol–water partition coefficient (Wildman–Crippen LogP) is 3.04. The molecule has 0 aliphatic carbocycles. The van der Waals surface area contributed by atoms with Crippen molar-refractivity contribution in [2.45, 2.75) is 28.8 Å². The van der Waals surface area contributed by atoms with Gasteiger partial charge in [-0.25, -0.2) is 18.4 Å². The molecule has 1 aliphatic heterocycles. The van der Waals surface area contributed by atoms with E-state index in [4.69, 9.17) is 14.5 Å². The van der Waals surface area contributed by atoms with Crippen molar-refractivity contribution in [1.29, 1.82) is 0 Å². The molecule has 1 aliphatic rings. The number of morpholine rings is 1. The highest BCUT2D eigenvalue weighted by Crippen LogP contribution is 2.38. The highest BCUT2D eigenvalue weighted by atomic mass is 32.2. The van der Waals surface area contributed by atoms with Crippen molar-refractivity contribution in [3.05, 3.63) is 36.0 Å². The van der Waals surface area contributed by atoms with Crippen LogP contribution in [0.1, 0.15) is 12.6 Å². The van der Waals surface area contributed by atoms with Crippen LogP contribution in [0.5, 0.6) is 5.75 Å². The highest BCUT2D eigenvalue weighted by Gasteiger charge is 2.23. The normalized spacial score (nSPS) is 14.3. The smallest absolute Gasteiger partial charge is 0.204 e. The third kappa shape index (κ3) is 5.40. The minimum Gasteiger partial charge on any atom is -0.490 e. The van der Waals surface area contributed by atoms with Crippen molar-refractivity contribution in [3.63, 3.8) is 0 Å². The maximum atomic E-state index is 12.1. The van der Waals surface area contributed by atoms with E-state index in [-0.39, 0.29) is 5.75 Å². The summed E-state index contributed by atoms with van der Waals surface area (Å²) in [7, 11) is -1.67. The molecule has 0 saturated carbocycles. The van der Waals surface area contributed by atoms with Gasteiger partial charge in [0.2, 0.25) is 5.75 Å². The Morgan fingerprint density at radius 1 is 1.21 bits per heavy atom. The fourth-order valence-corrected chi connectivity index (χ4v) is 4.95. The summed E-state index contributed by atoms with van der Waals surface area (Å²) in [5, 5.41) is 10.9. The van der Waals surface area contributed by atoms with Crippen LogP contribution in [-0.4, -0.2) is 67.7 Å². The van der Waals surface area contributed by atoms with Crippen LogP contribution in [-0.2, 0) is 14.6 Å². The average Bonchev–Trinajstić information content (AvgIpc) is 3.24. The number of ether oxygens (including phenoxy) is 2. The van der Waals surface area contributed by atoms with E-state index in [1.165, 1.54) is 11.8 Å². The van der Waals surface area contributed by atoms with Crippen LogP contribution in [0.4, 0.5) is 17.5 Å². The van der Waals surface area contributed by atoms with Crippen LogP contribution >= 0.6 is 11.8 Å². The number of aryl methyl sites for hydroxylation is 1. The predicted molar refractivity (Wildman–Crippen MR) is 127 cm³/mol. The van der Waals surface area contributed by atoms with E-state index in [1.54, 1.807) is 38.3 Å². The van der Waals surface area contributed by atoms with Crippen molar-refractivity contribution in [1.82, 2.24) is 20.2 Å². The minimum atomic E-state index is -3.25. The molecule has 0 unspecified atom stereocenters. The lowest BCUT2D eigenvalue weighted by atomic mass is 10.3. The maximum absolute atomic E-state index is 12.1. The van der Waals surface area contributed by atoms with Gasteiger partial charge in [-0.15, -0.1) is 0 Å². The molecule has 1 fully saturated rings. The van der Waals surface area contributed by atoms with E-state index in [2.05, 4.69) is 25.4 Å². The van der Waals surface area contributed by atoms with Crippen molar-refractivity contribution >= 4 is 39.1 Å². The summed E-state index contributed by atoms with van der Waals surface area (Å²) in [5.74, 6) is 2.35. The number of nitrogens with one attached hydrogen (secondary N) is 2. The number of methoxy groups -OCH3 is 1. The van der Waals surface area contributed by atoms with Gasteiger partial charge in [-0.3, -0.25) is 5.10 Å². The van der Waals surface area contributed by atoms with Crippen LogP contribution in [0.15, 0.2) is 45.3 Å². The molecule has 1 aromatic carbocycles. The minimum absolute atomic E-state index is 0.0612. The lowest BCUT2D eigenvalue weighted by molar-refractivity contribution is 0.122. The van der Waals surface area contributed by atoms with Crippen molar-refractivity contribution in [3.8, 4) is 5.75 Å². The van der Waals surface area contributed by atoms with Crippen LogP contribution in [0, 0.1) is 6.92 Å². The fourth-order valence-electron chi connectivity index (χ4n) is 3.32. The molecule has 1 saturated heterocycles. The van der Waals surface area contributed by atoms with E-state index in [9.17, 15) is 8.42 Å². The number of aromatic nitrogens is 4. The van der Waals surface area contributed by atoms with Gasteiger partial charge in [0.25, 0.3) is 0 Å². The Bertz CT molecular complexity index is 1210. The zero-order valence-electron chi connectivity index (χ0n) is 18.7. The van der Waals surface area contributed by atoms with Crippen molar-refractivity contribution in [2.75, 3.05) is 49.4 Å². The summed E-state index contributed by atoms with van der Waals surface area (Å²) in [4.78, 5) is 12.7. The Kier molecular flexibility index (Phi) is 7.05. The number of nitrogens with zero attached hydrogens (tertiary/aromatic N) is 4. The zero-order chi connectivity index (χ0) is 23.4. The van der Waals surface area contributed by atoms with Crippen molar-refractivity contribution < 1.29 is 17.9 Å². The topological polar surface area (TPSA) is 122 Å². The Labute approximate surface area is 197 Å². The molecule has 0 bridgehead atoms. The molecular formula is C21H26N6O4S2. The maximum Gasteiger partial charge on any atom is 0.204 e. The van der Waals surface area contributed by atoms with Crippen molar-refractivity contribution in [2.24, 2.45) is 0 Å². The van der Waals surface area contributed by atoms with Gasteiger partial charge in [0.05, 0.1) is 31.0 Å². The first-order valence-corrected chi connectivity index (χ1v) is 12.9. The lowest BCUT2D eigenvalue weighted by Crippen LogP contribution is -2.37. The largest absolute Gasteiger partial charge is 0.490 e. The molecule has 10 nitrogen and oxygen atoms in total. The second kappa shape index (κ2) is 9.98. The summed E-state index contributed by atoms with van der Waals surface area (Å²) in [5.41, 5.74) is 0.913. The van der Waals surface area contributed by atoms with Gasteiger partial charge in [-0.1, -0.05) is 6.92 Å². The molecule has 0 spiro atoms. The Balaban J connectivity index is 1.69. The molecule has 12 heteroatoms. The molecule has 2 aromatic heterocycles. The third-order valence-electron chi connectivity index (χ3n) is 5.07. The number of hydrogen-bond acceptors (Lipinski definition) is 10. The first-order valence-electron chi connectivity index (χ1n) is 10.5. The van der Waals surface area contributed by atoms with Gasteiger partial charge in [-0.05, 0) is 43.0 Å². The third-order valence-corrected chi connectivity index (χ3v) is 7.69. The van der Waals surface area contributed by atoms with Gasteiger partial charge < -0.3 is 19.7 Å². The van der Waals surface area contributed by atoms with Crippen LogP contribution in [0.25, 0.3) is 0 Å². The molecule has 3 aromatic rings. The van der Waals surface area contributed by atoms with E-state index in [0.717, 1.165) is 10.6 Å². The Hall–Kier alpha value is -2.83. The van der Waals surface area contributed by atoms with Gasteiger partial charge >= 0.3 is 0 Å². The summed E-state index contributed by atoms with van der Waals surface area (Å²) in [6.07, 6.45) is 0. The molecule has 0 amide bonds. The SMILES string of the molecule is CCS(=O)(=O)c1ccc(Sc2nc(Nc3cc(C)[nH]n3)c(OC)c(N3CCOCC3)n2)cc1. The molecular weight excluding hydrogens is 464 g/mol. The molecule has 176 valence electrons. The second-order valence-corrected chi connectivity index (χ2v) is 10.7. The highest BCUT2D eigenvalue weighted by molar-refractivity contribution is 7.99. The molecule has 33 heavy (non-hydrogen) atoms. The number of sulfone groups is 1. The van der Waals surface area contributed by atoms with Gasteiger partial charge in [0.15, 0.2) is 32.4 Å². The van der Waals surface area contributed by atoms with E-state index < -0.39 is 9.84 Å². The number of H-pyrrole nitrogens is 1. The first-order chi connectivity index (χ1) is 15.9. The van der Waals surface area contributed by atoms with E-state index in [0.29, 0.717) is 59.6 Å². The second-order valence-electron chi connectivity index (χ2n) is 7.35. The molecule has 0 atom stereocenters. The molecule has 4 rings (SSSR count). The summed E-state index contributed by atoms with van der Waals surface area (Å²) in [6, 6.07) is 8.62. The Morgan fingerprint density at radius 3 is 2.55 bits per heavy atom. The quantitative estimate of drug-likeness (QED) is 0.456. The van der Waals surface area contributed by atoms with Crippen LogP contribution in [0.2, 0.25) is 0 Å². The monoisotopic (exact) mass is 490 g/mol. The summed E-state index contributed by atoms with van der Waals surface area (Å²) in [6.45, 7) is 6.11. The summed E-state index contributed by atoms with van der Waals surface area (Å²) >= 11 is 1.34. The number of aromatic amines is 1. The number of hydrogen-bond donors (Lipinski definition) is 2. The van der Waals surface area contributed by atoms with Crippen LogP contribution in [0.3, 0.4) is 0 Å². The molecule has 3 heterocycles. The standard InChI is InChI=1S/C21H26N6O4S2/c1-4-33(28,29)16-7-5-15(6-8-16)32-21-23-19(22-17-13-14(2)25-26-17)18(30-3)20(24-21)27-9-11-31-12-10-27/h5-8,13H,4,9-12H2,1-3H3,(H2,22,23,24,25,26). The summed E-state index contributed by atoms with van der Waals surface area (Å²) < 4.78 is 35.4. The van der Waals surface area contributed by atoms with Crippen LogP contribution < -0.4 is 15.0 Å².